The molecule has 196 valence electrons. The molecule has 0 atom stereocenters. The number of hydrogen-bond donors (Lipinski definition) is 0. The van der Waals surface area contributed by atoms with Crippen LogP contribution in [0, 0.1) is 0 Å². The summed E-state index contributed by atoms with van der Waals surface area (Å²) in [5.41, 5.74) is 4.66. The van der Waals surface area contributed by atoms with Crippen molar-refractivity contribution in [2.45, 2.75) is 25.7 Å². The van der Waals surface area contributed by atoms with Crippen molar-refractivity contribution in [2.75, 3.05) is 28.1 Å². The Kier molecular flexibility index (Phi) is 7.88. The minimum absolute atomic E-state index is 0.169. The average Bonchev–Trinajstić information content (AvgIpc) is 3.44. The number of aryl methyl sites for hydroxylation is 4. The van der Waals surface area contributed by atoms with Crippen LogP contribution in [-0.2, 0) is 25.7 Å². The smallest absolute Gasteiger partial charge is 0.231 e. The molecule has 0 N–H and O–H groups in total. The first kappa shape index (κ1) is 25.3. The molecule has 0 amide bonds. The van der Waals surface area contributed by atoms with Crippen LogP contribution in [-0.4, -0.2) is 28.1 Å². The van der Waals surface area contributed by atoms with Crippen molar-refractivity contribution in [2.24, 2.45) is 0 Å². The van der Waals surface area contributed by atoms with Gasteiger partial charge in [0.05, 0.1) is 21.3 Å². The quantitative estimate of drug-likeness (QED) is 0.220. The molecule has 0 radical (unpaired) electrons. The van der Waals surface area contributed by atoms with Crippen LogP contribution >= 0.6 is 0 Å². The molecule has 1 aliphatic rings. The van der Waals surface area contributed by atoms with Gasteiger partial charge in [-0.15, -0.1) is 0 Å². The molecule has 5 rings (SSSR count). The zero-order valence-electron chi connectivity index (χ0n) is 22.0. The van der Waals surface area contributed by atoms with Crippen LogP contribution in [0.25, 0.3) is 0 Å². The minimum Gasteiger partial charge on any atom is -0.497 e. The van der Waals surface area contributed by atoms with Crippen LogP contribution in [0.2, 0.25) is 0 Å². The Labute approximate surface area is 223 Å². The van der Waals surface area contributed by atoms with E-state index in [4.69, 9.17) is 28.4 Å². The Balaban J connectivity index is 1.35. The van der Waals surface area contributed by atoms with E-state index in [-0.39, 0.29) is 6.79 Å². The zero-order chi connectivity index (χ0) is 26.3. The first-order valence-corrected chi connectivity index (χ1v) is 12.7. The van der Waals surface area contributed by atoms with Crippen molar-refractivity contribution in [1.82, 2.24) is 0 Å². The van der Waals surface area contributed by atoms with Gasteiger partial charge < -0.3 is 28.4 Å². The molecule has 0 fully saturated rings. The molecule has 6 nitrogen and oxygen atoms in total. The number of fused-ring (bicyclic) bond motifs is 1. The van der Waals surface area contributed by atoms with Gasteiger partial charge in [0.15, 0.2) is 23.0 Å². The van der Waals surface area contributed by atoms with Crippen LogP contribution in [0.5, 0.6) is 40.2 Å². The molecule has 1 aliphatic heterocycles. The fourth-order valence-electron chi connectivity index (χ4n) is 4.56. The van der Waals surface area contributed by atoms with E-state index in [0.717, 1.165) is 48.3 Å². The van der Waals surface area contributed by atoms with Crippen molar-refractivity contribution >= 4 is 0 Å². The minimum atomic E-state index is 0.169. The summed E-state index contributed by atoms with van der Waals surface area (Å²) in [7, 11) is 5.01. The molecular formula is C32H32O6. The Morgan fingerprint density at radius 1 is 0.553 bits per heavy atom. The van der Waals surface area contributed by atoms with E-state index in [0.29, 0.717) is 28.7 Å². The highest BCUT2D eigenvalue weighted by molar-refractivity contribution is 5.58. The van der Waals surface area contributed by atoms with E-state index in [2.05, 4.69) is 30.3 Å². The topological polar surface area (TPSA) is 55.4 Å². The molecule has 0 saturated heterocycles. The first-order valence-electron chi connectivity index (χ1n) is 12.7. The summed E-state index contributed by atoms with van der Waals surface area (Å²) in [5.74, 6) is 4.93. The molecule has 6 heteroatoms. The Morgan fingerprint density at radius 3 is 1.79 bits per heavy atom. The summed E-state index contributed by atoms with van der Waals surface area (Å²) in [5, 5.41) is 0. The van der Waals surface area contributed by atoms with Crippen LogP contribution in [0.4, 0.5) is 0 Å². The molecule has 0 bridgehead atoms. The highest BCUT2D eigenvalue weighted by atomic mass is 16.7. The number of ether oxygens (including phenoxy) is 6. The molecule has 1 heterocycles. The third-order valence-electron chi connectivity index (χ3n) is 6.62. The van der Waals surface area contributed by atoms with E-state index < -0.39 is 0 Å². The standard InChI is InChI=1S/C32H32O6/c1-33-26-8-4-6-22(16-26)10-11-24-14-15-28(35-3)29(18-24)38-31-20-25(19-30-32(31)37-21-36-30)13-12-23-7-5-9-27(17-23)34-2/h4-9,14-20H,10-13,21H2,1-3H3. The van der Waals surface area contributed by atoms with Crippen molar-refractivity contribution in [1.29, 1.82) is 0 Å². The van der Waals surface area contributed by atoms with Crippen LogP contribution in [0.15, 0.2) is 78.9 Å². The van der Waals surface area contributed by atoms with Gasteiger partial charge in [-0.1, -0.05) is 30.3 Å². The van der Waals surface area contributed by atoms with Gasteiger partial charge >= 0.3 is 0 Å². The summed E-state index contributed by atoms with van der Waals surface area (Å²) < 4.78 is 34.3. The highest BCUT2D eigenvalue weighted by Gasteiger charge is 2.22. The van der Waals surface area contributed by atoms with Gasteiger partial charge in [-0.25, -0.2) is 0 Å². The predicted octanol–water partition coefficient (Wildman–Crippen LogP) is 6.80. The lowest BCUT2D eigenvalue weighted by atomic mass is 10.0. The monoisotopic (exact) mass is 512 g/mol. The fourth-order valence-corrected chi connectivity index (χ4v) is 4.56. The second kappa shape index (κ2) is 11.8. The van der Waals surface area contributed by atoms with Crippen molar-refractivity contribution in [3.8, 4) is 40.2 Å². The molecule has 4 aromatic carbocycles. The van der Waals surface area contributed by atoms with Crippen LogP contribution in [0.1, 0.15) is 22.3 Å². The van der Waals surface area contributed by atoms with Crippen LogP contribution < -0.4 is 28.4 Å². The lowest BCUT2D eigenvalue weighted by molar-refractivity contribution is 0.171. The average molecular weight is 513 g/mol. The van der Waals surface area contributed by atoms with E-state index in [1.54, 1.807) is 21.3 Å². The van der Waals surface area contributed by atoms with Gasteiger partial charge in [0.1, 0.15) is 11.5 Å². The molecule has 0 spiro atoms. The molecule has 0 unspecified atom stereocenters. The maximum absolute atomic E-state index is 6.43. The number of hydrogen-bond acceptors (Lipinski definition) is 6. The largest absolute Gasteiger partial charge is 0.497 e. The highest BCUT2D eigenvalue weighted by Crippen LogP contribution is 2.45. The first-order chi connectivity index (χ1) is 18.6. The number of benzene rings is 4. The van der Waals surface area contributed by atoms with Crippen molar-refractivity contribution in [3.63, 3.8) is 0 Å². The summed E-state index contributed by atoms with van der Waals surface area (Å²) in [6.07, 6.45) is 3.41. The number of methoxy groups -OCH3 is 3. The van der Waals surface area contributed by atoms with Crippen molar-refractivity contribution < 1.29 is 28.4 Å². The predicted molar refractivity (Wildman–Crippen MR) is 146 cm³/mol. The SMILES string of the molecule is COc1cccc(CCc2ccc(OC)c(Oc3cc(CCc4cccc(OC)c4)cc4c3OCO4)c2)c1. The maximum atomic E-state index is 6.43. The summed E-state index contributed by atoms with van der Waals surface area (Å²) >= 11 is 0. The third-order valence-corrected chi connectivity index (χ3v) is 6.62. The molecule has 0 aliphatic carbocycles. The van der Waals surface area contributed by atoms with Gasteiger partial charge in [-0.2, -0.15) is 0 Å². The van der Waals surface area contributed by atoms with Gasteiger partial charge in [-0.3, -0.25) is 0 Å². The van der Waals surface area contributed by atoms with E-state index >= 15 is 0 Å². The summed E-state index contributed by atoms with van der Waals surface area (Å²) in [4.78, 5) is 0. The van der Waals surface area contributed by atoms with Gasteiger partial charge in [0.25, 0.3) is 0 Å². The van der Waals surface area contributed by atoms with E-state index in [9.17, 15) is 0 Å². The van der Waals surface area contributed by atoms with Gasteiger partial charge in [0.2, 0.25) is 12.5 Å². The van der Waals surface area contributed by atoms with Gasteiger partial charge in [-0.05, 0) is 96.5 Å². The Morgan fingerprint density at radius 2 is 1.16 bits per heavy atom. The summed E-state index contributed by atoms with van der Waals surface area (Å²) in [6, 6.07) is 26.4. The Bertz CT molecular complexity index is 1400. The lowest BCUT2D eigenvalue weighted by Crippen LogP contribution is -1.97. The Hall–Kier alpha value is -4.32. The van der Waals surface area contributed by atoms with E-state index in [1.807, 2.05) is 48.5 Å². The second-order valence-electron chi connectivity index (χ2n) is 9.12. The molecule has 4 aromatic rings. The second-order valence-corrected chi connectivity index (χ2v) is 9.12. The molecule has 0 saturated carbocycles. The molecular weight excluding hydrogens is 480 g/mol. The van der Waals surface area contributed by atoms with Crippen molar-refractivity contribution in [3.05, 3.63) is 101 Å². The third kappa shape index (κ3) is 5.97. The summed E-state index contributed by atoms with van der Waals surface area (Å²) in [6.45, 7) is 0.169. The lowest BCUT2D eigenvalue weighted by Gasteiger charge is -2.15. The fraction of sp³-hybridized carbons (Fsp3) is 0.250. The molecule has 38 heavy (non-hydrogen) atoms. The van der Waals surface area contributed by atoms with Gasteiger partial charge in [0, 0.05) is 0 Å². The molecule has 0 aromatic heterocycles. The normalized spacial score (nSPS) is 11.8. The number of rotatable bonds is 11. The van der Waals surface area contributed by atoms with E-state index in [1.165, 1.54) is 11.1 Å². The maximum Gasteiger partial charge on any atom is 0.231 e. The zero-order valence-corrected chi connectivity index (χ0v) is 22.0. The van der Waals surface area contributed by atoms with Crippen LogP contribution in [0.3, 0.4) is 0 Å².